The van der Waals surface area contributed by atoms with Crippen molar-refractivity contribution in [1.82, 2.24) is 0 Å². The van der Waals surface area contributed by atoms with Crippen LogP contribution in [0.4, 0.5) is 0 Å². The Morgan fingerprint density at radius 2 is 2.28 bits per heavy atom. The molecule has 1 aromatic carbocycles. The molecule has 0 bridgehead atoms. The summed E-state index contributed by atoms with van der Waals surface area (Å²) in [7, 11) is 0. The molecule has 0 aromatic heterocycles. The molecule has 0 heterocycles. The van der Waals surface area contributed by atoms with Gasteiger partial charge in [-0.1, -0.05) is 28.1 Å². The number of alkyl halides is 1. The van der Waals surface area contributed by atoms with E-state index in [-0.39, 0.29) is 6.61 Å². The zero-order valence-corrected chi connectivity index (χ0v) is 11.9. The van der Waals surface area contributed by atoms with E-state index in [4.69, 9.17) is 9.47 Å². The molecular formula is C13H17BrO4. The van der Waals surface area contributed by atoms with Crippen LogP contribution < -0.4 is 4.74 Å². The first-order chi connectivity index (χ1) is 8.69. The van der Waals surface area contributed by atoms with Crippen molar-refractivity contribution >= 4 is 21.9 Å². The summed E-state index contributed by atoms with van der Waals surface area (Å²) in [5.41, 5.74) is 0.477. The molecule has 1 aromatic rings. The Labute approximate surface area is 115 Å². The van der Waals surface area contributed by atoms with Crippen molar-refractivity contribution in [3.63, 3.8) is 0 Å². The predicted molar refractivity (Wildman–Crippen MR) is 71.9 cm³/mol. The number of halogens is 1. The molecule has 0 aliphatic carbocycles. The van der Waals surface area contributed by atoms with Gasteiger partial charge in [-0.25, -0.2) is 4.79 Å². The summed E-state index contributed by atoms with van der Waals surface area (Å²) in [5.74, 6) is -0.00749. The molecule has 0 amide bonds. The minimum atomic E-state index is -1.26. The molecule has 0 aliphatic rings. The molecule has 18 heavy (non-hydrogen) atoms. The first kappa shape index (κ1) is 15.0. The molecule has 0 saturated heterocycles. The van der Waals surface area contributed by atoms with E-state index in [2.05, 4.69) is 15.9 Å². The Morgan fingerprint density at radius 3 is 2.94 bits per heavy atom. The monoisotopic (exact) mass is 316 g/mol. The molecule has 5 heteroatoms. The normalized spacial score (nSPS) is 11.9. The van der Waals surface area contributed by atoms with Gasteiger partial charge in [0.05, 0.1) is 13.2 Å². The summed E-state index contributed by atoms with van der Waals surface area (Å²) >= 11 is 3.32. The lowest BCUT2D eigenvalue weighted by Crippen LogP contribution is -2.15. The average molecular weight is 317 g/mol. The molecular weight excluding hydrogens is 300 g/mol. The summed E-state index contributed by atoms with van der Waals surface area (Å²) in [6.45, 7) is 2.53. The Bertz CT molecular complexity index is 381. The Morgan fingerprint density at radius 1 is 1.50 bits per heavy atom. The quantitative estimate of drug-likeness (QED) is 0.477. The number of hydrogen-bond donors (Lipinski definition) is 1. The molecule has 1 rings (SSSR count). The van der Waals surface area contributed by atoms with Gasteiger partial charge < -0.3 is 14.6 Å². The maximum atomic E-state index is 11.4. The third-order valence-corrected chi connectivity index (χ3v) is 2.79. The van der Waals surface area contributed by atoms with Crippen LogP contribution in [-0.4, -0.2) is 29.6 Å². The average Bonchev–Trinajstić information content (AvgIpc) is 2.39. The number of rotatable bonds is 7. The van der Waals surface area contributed by atoms with Crippen LogP contribution in [0, 0.1) is 0 Å². The van der Waals surface area contributed by atoms with Crippen LogP contribution in [0.2, 0.25) is 0 Å². The number of carbonyl (C=O) groups is 1. The maximum absolute atomic E-state index is 11.4. The van der Waals surface area contributed by atoms with Gasteiger partial charge in [0.15, 0.2) is 6.10 Å². The SMILES string of the molecule is CCOC(=O)[C@H](O)c1cccc(OCCCBr)c1. The lowest BCUT2D eigenvalue weighted by Gasteiger charge is -2.11. The topological polar surface area (TPSA) is 55.8 Å². The molecule has 0 spiro atoms. The van der Waals surface area contributed by atoms with Gasteiger partial charge in [0, 0.05) is 5.33 Å². The Hall–Kier alpha value is -1.07. The number of hydrogen-bond acceptors (Lipinski definition) is 4. The van der Waals surface area contributed by atoms with Crippen molar-refractivity contribution in [1.29, 1.82) is 0 Å². The zero-order valence-electron chi connectivity index (χ0n) is 10.3. The van der Waals surface area contributed by atoms with Crippen molar-refractivity contribution in [2.45, 2.75) is 19.4 Å². The lowest BCUT2D eigenvalue weighted by atomic mass is 10.1. The van der Waals surface area contributed by atoms with E-state index < -0.39 is 12.1 Å². The zero-order chi connectivity index (χ0) is 13.4. The third kappa shape index (κ3) is 4.66. The summed E-state index contributed by atoms with van der Waals surface area (Å²) in [5, 5.41) is 10.7. The Balaban J connectivity index is 2.65. The van der Waals surface area contributed by atoms with Gasteiger partial charge in [-0.05, 0) is 31.0 Å². The summed E-state index contributed by atoms with van der Waals surface area (Å²) in [6.07, 6.45) is -0.366. The molecule has 100 valence electrons. The van der Waals surface area contributed by atoms with Crippen LogP contribution in [0.5, 0.6) is 5.75 Å². The van der Waals surface area contributed by atoms with E-state index in [9.17, 15) is 9.90 Å². The number of esters is 1. The van der Waals surface area contributed by atoms with Crippen LogP contribution in [0.25, 0.3) is 0 Å². The summed E-state index contributed by atoms with van der Waals surface area (Å²) < 4.78 is 10.2. The molecule has 0 fully saturated rings. The highest BCUT2D eigenvalue weighted by atomic mass is 79.9. The van der Waals surface area contributed by atoms with Crippen molar-refractivity contribution in [2.75, 3.05) is 18.5 Å². The fourth-order valence-corrected chi connectivity index (χ4v) is 1.61. The van der Waals surface area contributed by atoms with Crippen LogP contribution in [0.15, 0.2) is 24.3 Å². The number of benzene rings is 1. The second kappa shape index (κ2) is 8.11. The Kier molecular flexibility index (Phi) is 6.75. The van der Waals surface area contributed by atoms with E-state index in [0.717, 1.165) is 11.8 Å². The van der Waals surface area contributed by atoms with Crippen LogP contribution in [0.3, 0.4) is 0 Å². The first-order valence-electron chi connectivity index (χ1n) is 5.82. The van der Waals surface area contributed by atoms with Gasteiger partial charge in [-0.15, -0.1) is 0 Å². The van der Waals surface area contributed by atoms with E-state index in [1.807, 2.05) is 0 Å². The van der Waals surface area contributed by atoms with Crippen LogP contribution in [-0.2, 0) is 9.53 Å². The van der Waals surface area contributed by atoms with E-state index >= 15 is 0 Å². The fourth-order valence-electron chi connectivity index (χ4n) is 1.38. The minimum Gasteiger partial charge on any atom is -0.494 e. The van der Waals surface area contributed by atoms with Crippen LogP contribution >= 0.6 is 15.9 Å². The van der Waals surface area contributed by atoms with Crippen molar-refractivity contribution in [3.8, 4) is 5.75 Å². The number of ether oxygens (including phenoxy) is 2. The molecule has 0 saturated carbocycles. The molecule has 0 radical (unpaired) electrons. The second-order valence-electron chi connectivity index (χ2n) is 3.62. The largest absolute Gasteiger partial charge is 0.494 e. The predicted octanol–water partition coefficient (Wildman–Crippen LogP) is 2.45. The fraction of sp³-hybridized carbons (Fsp3) is 0.462. The highest BCUT2D eigenvalue weighted by Gasteiger charge is 2.18. The van der Waals surface area contributed by atoms with Crippen molar-refractivity contribution in [2.24, 2.45) is 0 Å². The number of aliphatic hydroxyl groups is 1. The smallest absolute Gasteiger partial charge is 0.339 e. The van der Waals surface area contributed by atoms with Crippen molar-refractivity contribution in [3.05, 3.63) is 29.8 Å². The molecule has 1 N–H and O–H groups in total. The summed E-state index contributed by atoms with van der Waals surface area (Å²) in [4.78, 5) is 11.4. The van der Waals surface area contributed by atoms with E-state index in [1.165, 1.54) is 0 Å². The molecule has 4 nitrogen and oxygen atoms in total. The van der Waals surface area contributed by atoms with Gasteiger partial charge >= 0.3 is 5.97 Å². The standard InChI is InChI=1S/C13H17BrO4/c1-2-17-13(16)12(15)10-5-3-6-11(9-10)18-8-4-7-14/h3,5-6,9,12,15H,2,4,7-8H2,1H3/t12-/m1/s1. The maximum Gasteiger partial charge on any atom is 0.339 e. The van der Waals surface area contributed by atoms with Gasteiger partial charge in [0.1, 0.15) is 5.75 Å². The van der Waals surface area contributed by atoms with E-state index in [1.54, 1.807) is 31.2 Å². The molecule has 0 aliphatic heterocycles. The molecule has 0 unspecified atom stereocenters. The highest BCUT2D eigenvalue weighted by Crippen LogP contribution is 2.20. The number of aliphatic hydroxyl groups excluding tert-OH is 1. The number of carbonyl (C=O) groups excluding carboxylic acids is 1. The van der Waals surface area contributed by atoms with Gasteiger partial charge in [0.2, 0.25) is 0 Å². The molecule has 1 atom stereocenters. The summed E-state index contributed by atoms with van der Waals surface area (Å²) in [6, 6.07) is 6.84. The second-order valence-corrected chi connectivity index (χ2v) is 4.41. The van der Waals surface area contributed by atoms with Gasteiger partial charge in [0.25, 0.3) is 0 Å². The van der Waals surface area contributed by atoms with E-state index in [0.29, 0.717) is 17.9 Å². The first-order valence-corrected chi connectivity index (χ1v) is 6.94. The lowest BCUT2D eigenvalue weighted by molar-refractivity contribution is -0.153. The minimum absolute atomic E-state index is 0.247. The van der Waals surface area contributed by atoms with Gasteiger partial charge in [-0.2, -0.15) is 0 Å². The third-order valence-electron chi connectivity index (χ3n) is 2.23. The van der Waals surface area contributed by atoms with Gasteiger partial charge in [-0.3, -0.25) is 0 Å². The highest BCUT2D eigenvalue weighted by molar-refractivity contribution is 9.09. The van der Waals surface area contributed by atoms with Crippen molar-refractivity contribution < 1.29 is 19.4 Å². The van der Waals surface area contributed by atoms with Crippen LogP contribution in [0.1, 0.15) is 25.0 Å².